The first-order valence-corrected chi connectivity index (χ1v) is 8.38. The van der Waals surface area contributed by atoms with Gasteiger partial charge in [-0.05, 0) is 48.9 Å². The summed E-state index contributed by atoms with van der Waals surface area (Å²) < 4.78 is 24.2. The molecule has 1 N–H and O–H groups in total. The Labute approximate surface area is 150 Å². The van der Waals surface area contributed by atoms with Crippen molar-refractivity contribution in [2.24, 2.45) is 0 Å². The van der Waals surface area contributed by atoms with Gasteiger partial charge in [0.15, 0.2) is 5.76 Å². The Hall–Kier alpha value is -3.15. The first-order valence-electron chi connectivity index (χ1n) is 8.38. The number of hydrogen-bond acceptors (Lipinski definition) is 4. The number of furan rings is 1. The van der Waals surface area contributed by atoms with Crippen molar-refractivity contribution >= 4 is 5.91 Å². The summed E-state index contributed by atoms with van der Waals surface area (Å²) in [5.41, 5.74) is 1.49. The molecule has 2 heterocycles. The molecular formula is C20H19FN2O3. The molecule has 6 heteroatoms. The number of aromatic nitrogens is 1. The topological polar surface area (TPSA) is 64.4 Å². The molecule has 5 nitrogen and oxygen atoms in total. The number of nitrogens with one attached hydrogen (secondary N) is 1. The molecule has 1 amide bonds. The fraction of sp³-hybridized carbons (Fsp3) is 0.200. The molecule has 0 spiro atoms. The number of nitrogens with zero attached hydrogens (tertiary/aromatic N) is 1. The van der Waals surface area contributed by atoms with Gasteiger partial charge >= 0.3 is 0 Å². The maximum Gasteiger partial charge on any atom is 0.287 e. The molecule has 0 aliphatic heterocycles. The van der Waals surface area contributed by atoms with Gasteiger partial charge in [-0.15, -0.1) is 0 Å². The molecule has 0 aliphatic rings. The molecule has 1 aromatic carbocycles. The lowest BCUT2D eigenvalue weighted by atomic mass is 10.2. The summed E-state index contributed by atoms with van der Waals surface area (Å²) in [7, 11) is 0. The Morgan fingerprint density at radius 3 is 2.77 bits per heavy atom. The lowest BCUT2D eigenvalue weighted by molar-refractivity contribution is 0.0923. The average Bonchev–Trinajstić information content (AvgIpc) is 3.16. The van der Waals surface area contributed by atoms with Crippen molar-refractivity contribution in [1.82, 2.24) is 10.3 Å². The predicted octanol–water partition coefficient (Wildman–Crippen LogP) is 4.20. The van der Waals surface area contributed by atoms with E-state index in [2.05, 4.69) is 10.3 Å². The van der Waals surface area contributed by atoms with E-state index < -0.39 is 0 Å². The highest BCUT2D eigenvalue weighted by Gasteiger charge is 2.13. The van der Waals surface area contributed by atoms with Crippen molar-refractivity contribution in [2.45, 2.75) is 19.9 Å². The van der Waals surface area contributed by atoms with Crippen LogP contribution in [0.1, 0.15) is 29.5 Å². The molecule has 3 aromatic rings. The van der Waals surface area contributed by atoms with E-state index in [0.29, 0.717) is 23.8 Å². The van der Waals surface area contributed by atoms with E-state index in [9.17, 15) is 9.18 Å². The third-order valence-corrected chi connectivity index (χ3v) is 3.69. The van der Waals surface area contributed by atoms with E-state index in [1.54, 1.807) is 36.5 Å². The third-order valence-electron chi connectivity index (χ3n) is 3.69. The minimum Gasteiger partial charge on any atom is -0.477 e. The summed E-state index contributed by atoms with van der Waals surface area (Å²) >= 11 is 0. The van der Waals surface area contributed by atoms with Crippen LogP contribution in [0.2, 0.25) is 0 Å². The second kappa shape index (κ2) is 8.29. The van der Waals surface area contributed by atoms with E-state index >= 15 is 0 Å². The van der Waals surface area contributed by atoms with Crippen LogP contribution >= 0.6 is 0 Å². The number of carbonyl (C=O) groups excluding carboxylic acids is 1. The number of pyridine rings is 1. The number of hydrogen-bond donors (Lipinski definition) is 1. The third kappa shape index (κ3) is 4.27. The zero-order valence-electron chi connectivity index (χ0n) is 14.4. The van der Waals surface area contributed by atoms with Crippen LogP contribution in [-0.2, 0) is 6.54 Å². The second-order valence-corrected chi connectivity index (χ2v) is 5.67. The van der Waals surface area contributed by atoms with Crippen LogP contribution in [0.25, 0.3) is 11.3 Å². The molecule has 0 fully saturated rings. The summed E-state index contributed by atoms with van der Waals surface area (Å²) in [6.07, 6.45) is 2.53. The first kappa shape index (κ1) is 17.7. The highest BCUT2D eigenvalue weighted by molar-refractivity contribution is 5.92. The van der Waals surface area contributed by atoms with Crippen LogP contribution in [0.5, 0.6) is 5.88 Å². The van der Waals surface area contributed by atoms with E-state index in [4.69, 9.17) is 9.15 Å². The number of benzene rings is 1. The number of carbonyl (C=O) groups is 1. The zero-order chi connectivity index (χ0) is 18.4. The summed E-state index contributed by atoms with van der Waals surface area (Å²) in [5, 5.41) is 2.79. The molecule has 0 unspecified atom stereocenters. The second-order valence-electron chi connectivity index (χ2n) is 5.67. The van der Waals surface area contributed by atoms with Gasteiger partial charge in [-0.2, -0.15) is 0 Å². The van der Waals surface area contributed by atoms with Crippen molar-refractivity contribution in [3.63, 3.8) is 0 Å². The Morgan fingerprint density at radius 1 is 1.19 bits per heavy atom. The molecule has 0 bridgehead atoms. The van der Waals surface area contributed by atoms with Crippen LogP contribution < -0.4 is 10.1 Å². The summed E-state index contributed by atoms with van der Waals surface area (Å²) in [6, 6.07) is 12.8. The minimum absolute atomic E-state index is 0.184. The standard InChI is InChI=1S/C20H19FN2O3/c1-2-12-25-20-15(4-3-11-22-20)13-23-19(24)18-10-9-17(26-18)14-5-7-16(21)8-6-14/h3-11H,2,12-13H2,1H3,(H,23,24). The van der Waals surface area contributed by atoms with Crippen LogP contribution in [0.15, 0.2) is 59.1 Å². The Bertz CT molecular complexity index is 875. The molecule has 0 atom stereocenters. The molecule has 134 valence electrons. The normalized spacial score (nSPS) is 10.5. The number of ether oxygens (including phenoxy) is 1. The average molecular weight is 354 g/mol. The van der Waals surface area contributed by atoms with Crippen LogP contribution in [0, 0.1) is 5.82 Å². The molecule has 3 rings (SSSR count). The number of amides is 1. The van der Waals surface area contributed by atoms with Crippen molar-refractivity contribution in [3.05, 3.63) is 71.9 Å². The summed E-state index contributed by atoms with van der Waals surface area (Å²) in [4.78, 5) is 16.5. The lowest BCUT2D eigenvalue weighted by Crippen LogP contribution is -2.22. The molecule has 0 aliphatic carbocycles. The van der Waals surface area contributed by atoms with Gasteiger partial charge in [0.25, 0.3) is 5.91 Å². The molecule has 26 heavy (non-hydrogen) atoms. The largest absolute Gasteiger partial charge is 0.477 e. The van der Waals surface area contributed by atoms with Gasteiger partial charge in [0, 0.05) is 23.9 Å². The van der Waals surface area contributed by atoms with Gasteiger partial charge in [-0.1, -0.05) is 13.0 Å². The van der Waals surface area contributed by atoms with Gasteiger partial charge in [0.1, 0.15) is 11.6 Å². The highest BCUT2D eigenvalue weighted by atomic mass is 19.1. The number of rotatable bonds is 7. The quantitative estimate of drug-likeness (QED) is 0.691. The van der Waals surface area contributed by atoms with Crippen LogP contribution in [0.4, 0.5) is 4.39 Å². The first-order chi connectivity index (χ1) is 12.7. The van der Waals surface area contributed by atoms with Crippen LogP contribution in [-0.4, -0.2) is 17.5 Å². The SMILES string of the molecule is CCCOc1ncccc1CNC(=O)c1ccc(-c2ccc(F)cc2)o1. The highest BCUT2D eigenvalue weighted by Crippen LogP contribution is 2.22. The predicted molar refractivity (Wildman–Crippen MR) is 95.3 cm³/mol. The fourth-order valence-electron chi connectivity index (χ4n) is 2.38. The lowest BCUT2D eigenvalue weighted by Gasteiger charge is -2.09. The molecule has 2 aromatic heterocycles. The van der Waals surface area contributed by atoms with E-state index in [-0.39, 0.29) is 24.0 Å². The molecule has 0 saturated carbocycles. The van der Waals surface area contributed by atoms with Crippen molar-refractivity contribution in [1.29, 1.82) is 0 Å². The maximum absolute atomic E-state index is 13.0. The maximum atomic E-state index is 13.0. The van der Waals surface area contributed by atoms with E-state index in [1.165, 1.54) is 12.1 Å². The Kier molecular flexibility index (Phi) is 5.63. The molecule has 0 saturated heterocycles. The zero-order valence-corrected chi connectivity index (χ0v) is 14.4. The fourth-order valence-corrected chi connectivity index (χ4v) is 2.38. The van der Waals surface area contributed by atoms with Crippen molar-refractivity contribution < 1.29 is 18.3 Å². The number of halogens is 1. The minimum atomic E-state index is -0.344. The van der Waals surface area contributed by atoms with Crippen molar-refractivity contribution in [3.8, 4) is 17.2 Å². The van der Waals surface area contributed by atoms with Gasteiger partial charge in [0.05, 0.1) is 6.61 Å². The molecular weight excluding hydrogens is 335 g/mol. The van der Waals surface area contributed by atoms with Gasteiger partial charge < -0.3 is 14.5 Å². The Morgan fingerprint density at radius 2 is 2.00 bits per heavy atom. The van der Waals surface area contributed by atoms with Gasteiger partial charge in [0.2, 0.25) is 5.88 Å². The monoisotopic (exact) mass is 354 g/mol. The summed E-state index contributed by atoms with van der Waals surface area (Å²) in [5.74, 6) is 0.535. The van der Waals surface area contributed by atoms with Gasteiger partial charge in [-0.3, -0.25) is 4.79 Å². The Balaban J connectivity index is 1.65. The van der Waals surface area contributed by atoms with E-state index in [1.807, 2.05) is 13.0 Å². The van der Waals surface area contributed by atoms with E-state index in [0.717, 1.165) is 12.0 Å². The van der Waals surface area contributed by atoms with Gasteiger partial charge in [-0.25, -0.2) is 9.37 Å². The molecule has 0 radical (unpaired) electrons. The van der Waals surface area contributed by atoms with Crippen molar-refractivity contribution in [2.75, 3.05) is 6.61 Å². The summed E-state index contributed by atoms with van der Waals surface area (Å²) in [6.45, 7) is 2.86. The smallest absolute Gasteiger partial charge is 0.287 e. The van der Waals surface area contributed by atoms with Crippen LogP contribution in [0.3, 0.4) is 0 Å².